The largest absolute Gasteiger partial charge is 0.482 e. The Bertz CT molecular complexity index is 495. The number of carbonyl (C=O) groups is 1. The average molecular weight is 272 g/mol. The van der Waals surface area contributed by atoms with Crippen molar-refractivity contribution in [3.05, 3.63) is 28.9 Å². The molecule has 6 nitrogen and oxygen atoms in total. The third kappa shape index (κ3) is 4.90. The minimum atomic E-state index is -0.901. The summed E-state index contributed by atoms with van der Waals surface area (Å²) >= 11 is 0. The van der Waals surface area contributed by atoms with Crippen LogP contribution in [0.3, 0.4) is 0 Å². The summed E-state index contributed by atoms with van der Waals surface area (Å²) in [7, 11) is 0. The molecule has 1 N–H and O–H groups in total. The first-order valence-corrected chi connectivity index (χ1v) is 5.49. The standard InChI is InChI=1S/C12H15FNO5/c1-12(2,3)19-11(15)7-18-8-4-5-9(13)10(6-8)14(16)17/h4-6H,7H2,1-3H3,(H,16,17)/q+1. The second-order valence-corrected chi connectivity index (χ2v) is 4.76. The van der Waals surface area contributed by atoms with Crippen LogP contribution in [0.4, 0.5) is 10.1 Å². The molecule has 0 amide bonds. The lowest BCUT2D eigenvalue weighted by Gasteiger charge is -2.19. The molecule has 0 bridgehead atoms. The van der Waals surface area contributed by atoms with Crippen LogP contribution in [0.15, 0.2) is 18.2 Å². The van der Waals surface area contributed by atoms with Gasteiger partial charge < -0.3 is 9.47 Å². The quantitative estimate of drug-likeness (QED) is 0.672. The number of esters is 1. The molecule has 0 radical (unpaired) electrons. The van der Waals surface area contributed by atoms with Gasteiger partial charge >= 0.3 is 11.7 Å². The Morgan fingerprint density at radius 2 is 2.05 bits per heavy atom. The van der Waals surface area contributed by atoms with Gasteiger partial charge in [-0.15, -0.1) is 0 Å². The zero-order valence-corrected chi connectivity index (χ0v) is 10.8. The molecule has 1 aromatic rings. The van der Waals surface area contributed by atoms with E-state index in [4.69, 9.17) is 14.7 Å². The molecule has 0 aliphatic rings. The van der Waals surface area contributed by atoms with Gasteiger partial charge in [-0.1, -0.05) is 0 Å². The molecule has 0 aliphatic heterocycles. The maximum absolute atomic E-state index is 13.1. The molecule has 0 saturated heterocycles. The topological polar surface area (TPSA) is 75.8 Å². The predicted molar refractivity (Wildman–Crippen MR) is 62.8 cm³/mol. The predicted octanol–water partition coefficient (Wildman–Crippen LogP) is 2.35. The number of hydrogen-bond donors (Lipinski definition) is 1. The van der Waals surface area contributed by atoms with Gasteiger partial charge in [-0.2, -0.15) is 4.39 Å². The molecular formula is C12H15FNO5+. The number of ether oxygens (including phenoxy) is 2. The number of benzene rings is 1. The Hall–Kier alpha value is -2.18. The zero-order chi connectivity index (χ0) is 14.6. The highest BCUT2D eigenvalue weighted by atomic mass is 19.1. The van der Waals surface area contributed by atoms with Gasteiger partial charge in [0.2, 0.25) is 5.82 Å². The molecule has 0 saturated carbocycles. The summed E-state index contributed by atoms with van der Waals surface area (Å²) in [6.07, 6.45) is 0. The van der Waals surface area contributed by atoms with Crippen molar-refractivity contribution in [2.45, 2.75) is 26.4 Å². The van der Waals surface area contributed by atoms with E-state index in [1.54, 1.807) is 20.8 Å². The fraction of sp³-hybridized carbons (Fsp3) is 0.417. The molecule has 0 aromatic heterocycles. The van der Waals surface area contributed by atoms with Crippen LogP contribution in [0.5, 0.6) is 5.75 Å². The van der Waals surface area contributed by atoms with Crippen LogP contribution in [0.2, 0.25) is 0 Å². The van der Waals surface area contributed by atoms with Crippen molar-refractivity contribution in [3.63, 3.8) is 0 Å². The van der Waals surface area contributed by atoms with Crippen LogP contribution in [0, 0.1) is 10.7 Å². The van der Waals surface area contributed by atoms with Gasteiger partial charge in [0.1, 0.15) is 11.4 Å². The van der Waals surface area contributed by atoms with Crippen molar-refractivity contribution < 1.29 is 28.8 Å². The van der Waals surface area contributed by atoms with Crippen molar-refractivity contribution in [2.24, 2.45) is 0 Å². The normalized spacial score (nSPS) is 10.9. The maximum Gasteiger partial charge on any atom is 0.355 e. The molecular weight excluding hydrogens is 257 g/mol. The molecule has 19 heavy (non-hydrogen) atoms. The van der Waals surface area contributed by atoms with Crippen molar-refractivity contribution in [3.8, 4) is 5.75 Å². The molecule has 7 heteroatoms. The zero-order valence-electron chi connectivity index (χ0n) is 10.8. The SMILES string of the molecule is CC(C)(C)OC(=O)COc1ccc(F)c([N+](=O)O)c1. The van der Waals surface area contributed by atoms with Crippen LogP contribution in [0.25, 0.3) is 0 Å². The van der Waals surface area contributed by atoms with E-state index in [2.05, 4.69) is 0 Å². The first-order chi connectivity index (χ1) is 8.69. The summed E-state index contributed by atoms with van der Waals surface area (Å²) in [4.78, 5) is 21.4. The molecule has 0 heterocycles. The summed E-state index contributed by atoms with van der Waals surface area (Å²) < 4.78 is 23.1. The highest BCUT2D eigenvalue weighted by Gasteiger charge is 2.21. The Morgan fingerprint density at radius 1 is 1.42 bits per heavy atom. The van der Waals surface area contributed by atoms with Gasteiger partial charge in [-0.25, -0.2) is 10.0 Å². The summed E-state index contributed by atoms with van der Waals surface area (Å²) in [5.74, 6) is -1.43. The van der Waals surface area contributed by atoms with Gasteiger partial charge in [0.25, 0.3) is 4.92 Å². The Morgan fingerprint density at radius 3 is 2.58 bits per heavy atom. The van der Waals surface area contributed by atoms with Gasteiger partial charge in [-0.05, 0) is 32.9 Å². The molecule has 104 valence electrons. The third-order valence-electron chi connectivity index (χ3n) is 1.90. The van der Waals surface area contributed by atoms with Crippen LogP contribution in [-0.4, -0.2) is 28.3 Å². The van der Waals surface area contributed by atoms with Gasteiger partial charge in [-0.3, -0.25) is 0 Å². The monoisotopic (exact) mass is 272 g/mol. The number of halogens is 1. The second kappa shape index (κ2) is 5.64. The highest BCUT2D eigenvalue weighted by Crippen LogP contribution is 2.22. The molecule has 0 unspecified atom stereocenters. The third-order valence-corrected chi connectivity index (χ3v) is 1.90. The minimum absolute atomic E-state index is 0.0668. The Labute approximate surface area is 109 Å². The van der Waals surface area contributed by atoms with Crippen molar-refractivity contribution in [1.82, 2.24) is 0 Å². The van der Waals surface area contributed by atoms with Crippen LogP contribution in [0.1, 0.15) is 20.8 Å². The number of carbonyl (C=O) groups excluding carboxylic acids is 1. The summed E-state index contributed by atoms with van der Waals surface area (Å²) in [5.41, 5.74) is -1.23. The summed E-state index contributed by atoms with van der Waals surface area (Å²) in [6, 6.07) is 3.15. The summed E-state index contributed by atoms with van der Waals surface area (Å²) in [5, 5.41) is 8.65. The van der Waals surface area contributed by atoms with E-state index in [9.17, 15) is 14.1 Å². The van der Waals surface area contributed by atoms with Gasteiger partial charge in [0.05, 0.1) is 11.0 Å². The first kappa shape index (κ1) is 14.9. The van der Waals surface area contributed by atoms with Crippen molar-refractivity contribution in [1.29, 1.82) is 0 Å². The Kier molecular flexibility index (Phi) is 4.42. The lowest BCUT2D eigenvalue weighted by atomic mass is 10.2. The molecule has 1 aromatic carbocycles. The van der Waals surface area contributed by atoms with Crippen LogP contribution in [-0.2, 0) is 9.53 Å². The first-order valence-electron chi connectivity index (χ1n) is 5.49. The average Bonchev–Trinajstić information content (AvgIpc) is 2.25. The maximum atomic E-state index is 13.1. The van der Waals surface area contributed by atoms with E-state index < -0.39 is 28.0 Å². The van der Waals surface area contributed by atoms with E-state index in [0.717, 1.165) is 12.1 Å². The second-order valence-electron chi connectivity index (χ2n) is 4.76. The lowest BCUT2D eigenvalue weighted by Crippen LogP contribution is -2.27. The van der Waals surface area contributed by atoms with Gasteiger partial charge in [0.15, 0.2) is 6.61 Å². The van der Waals surface area contributed by atoms with Crippen molar-refractivity contribution >= 4 is 11.7 Å². The molecule has 0 spiro atoms. The smallest absolute Gasteiger partial charge is 0.355 e. The van der Waals surface area contributed by atoms with E-state index >= 15 is 0 Å². The molecule has 0 aliphatic carbocycles. The van der Waals surface area contributed by atoms with E-state index in [1.165, 1.54) is 6.07 Å². The summed E-state index contributed by atoms with van der Waals surface area (Å²) in [6.45, 7) is 4.75. The van der Waals surface area contributed by atoms with Crippen LogP contribution < -0.4 is 4.74 Å². The number of rotatable bonds is 4. The highest BCUT2D eigenvalue weighted by molar-refractivity contribution is 5.71. The number of nitrogens with zero attached hydrogens (tertiary/aromatic N) is 1. The van der Waals surface area contributed by atoms with Crippen molar-refractivity contribution in [2.75, 3.05) is 6.61 Å². The van der Waals surface area contributed by atoms with E-state index in [1.807, 2.05) is 0 Å². The fourth-order valence-corrected chi connectivity index (χ4v) is 1.24. The Balaban J connectivity index is 2.66. The molecule has 0 atom stereocenters. The van der Waals surface area contributed by atoms with E-state index in [-0.39, 0.29) is 12.4 Å². The molecule has 0 fully saturated rings. The van der Waals surface area contributed by atoms with Crippen LogP contribution >= 0.6 is 0 Å². The molecule has 1 rings (SSSR count). The lowest BCUT2D eigenvalue weighted by molar-refractivity contribution is -0.730. The van der Waals surface area contributed by atoms with Gasteiger partial charge in [0, 0.05) is 0 Å². The number of hydrogen-bond acceptors (Lipinski definition) is 4. The minimum Gasteiger partial charge on any atom is -0.482 e. The fourth-order valence-electron chi connectivity index (χ4n) is 1.24. The van der Waals surface area contributed by atoms with E-state index in [0.29, 0.717) is 0 Å².